The average Bonchev–Trinajstić information content (AvgIpc) is 2.66. The van der Waals surface area contributed by atoms with E-state index in [2.05, 4.69) is 9.79 Å². The Morgan fingerprint density at radius 1 is 1.40 bits per heavy atom. The van der Waals surface area contributed by atoms with E-state index in [0.29, 0.717) is 0 Å². The van der Waals surface area contributed by atoms with E-state index < -0.39 is 0 Å². The van der Waals surface area contributed by atoms with Crippen molar-refractivity contribution in [2.24, 2.45) is 0 Å². The van der Waals surface area contributed by atoms with E-state index in [-0.39, 0.29) is 5.88 Å². The molecule has 1 aromatic heterocycles. The van der Waals surface area contributed by atoms with Gasteiger partial charge < -0.3 is 10.3 Å². The predicted molar refractivity (Wildman–Crippen MR) is 55.0 cm³/mol. The summed E-state index contributed by atoms with van der Waals surface area (Å²) in [7, 11) is 1.88. The van der Waals surface area contributed by atoms with E-state index in [9.17, 15) is 0 Å². The maximum atomic E-state index is 7.21. The van der Waals surface area contributed by atoms with Crippen LogP contribution in [0.3, 0.4) is 0 Å². The molecule has 1 N–H and O–H groups in total. The van der Waals surface area contributed by atoms with Gasteiger partial charge in [-0.15, -0.1) is 0 Å². The second-order valence-electron chi connectivity index (χ2n) is 3.29. The fourth-order valence-electron chi connectivity index (χ4n) is 1.32. The van der Waals surface area contributed by atoms with Crippen LogP contribution in [-0.2, 0) is 6.54 Å². The van der Waals surface area contributed by atoms with Crippen molar-refractivity contribution in [3.63, 3.8) is 0 Å². The van der Waals surface area contributed by atoms with Gasteiger partial charge in [-0.05, 0) is 5.56 Å². The van der Waals surface area contributed by atoms with Gasteiger partial charge in [0.25, 0.3) is 6.20 Å². The normalized spacial score (nSPS) is 10.2. The van der Waals surface area contributed by atoms with Gasteiger partial charge in [0, 0.05) is 0 Å². The van der Waals surface area contributed by atoms with Crippen molar-refractivity contribution < 1.29 is 9.31 Å². The van der Waals surface area contributed by atoms with Crippen LogP contribution in [0.25, 0.3) is 5.73 Å². The molecule has 78 valence electrons. The van der Waals surface area contributed by atoms with Crippen LogP contribution in [0.1, 0.15) is 5.56 Å². The number of hydrogen-bond donors (Lipinski definition) is 0. The molecule has 2 aromatic rings. The first-order valence-corrected chi connectivity index (χ1v) is 4.61. The van der Waals surface area contributed by atoms with Crippen molar-refractivity contribution in [1.82, 2.24) is 5.27 Å². The molecule has 0 aliphatic heterocycles. The van der Waals surface area contributed by atoms with E-state index in [4.69, 9.17) is 5.73 Å². The summed E-state index contributed by atoms with van der Waals surface area (Å²) in [4.78, 5) is 1.51. The summed E-state index contributed by atoms with van der Waals surface area (Å²) >= 11 is 0. The van der Waals surface area contributed by atoms with Crippen molar-refractivity contribution in [2.45, 2.75) is 6.54 Å². The monoisotopic (exact) mass is 204 g/mol. The Labute approximate surface area is 87.7 Å². The first kappa shape index (κ1) is 9.51. The van der Waals surface area contributed by atoms with E-state index in [1.807, 2.05) is 42.4 Å². The number of hydrogen-bond acceptors (Lipinski definition) is 3. The smallest absolute Gasteiger partial charge is 0.256 e. The lowest BCUT2D eigenvalue weighted by molar-refractivity contribution is -0.757. The first-order valence-electron chi connectivity index (χ1n) is 4.61. The van der Waals surface area contributed by atoms with E-state index in [1.54, 1.807) is 0 Å². The van der Waals surface area contributed by atoms with Crippen molar-refractivity contribution in [3.05, 3.63) is 47.8 Å². The highest BCUT2D eigenvalue weighted by molar-refractivity contribution is 5.20. The summed E-state index contributed by atoms with van der Waals surface area (Å²) in [5, 5.41) is 5.55. The molecular weight excluding hydrogens is 192 g/mol. The van der Waals surface area contributed by atoms with E-state index in [0.717, 1.165) is 6.54 Å². The number of rotatable bonds is 3. The molecule has 0 atom stereocenters. The third-order valence-corrected chi connectivity index (χ3v) is 2.06. The van der Waals surface area contributed by atoms with Gasteiger partial charge in [0.1, 0.15) is 12.4 Å². The van der Waals surface area contributed by atoms with Gasteiger partial charge in [-0.3, -0.25) is 0 Å². The van der Waals surface area contributed by atoms with Gasteiger partial charge in [-0.25, -0.2) is 0 Å². The number of nitrogens with zero attached hydrogens (tertiary/aromatic N) is 3. The predicted octanol–water partition coefficient (Wildman–Crippen LogP) is 1.41. The molecule has 0 aliphatic rings. The standard InChI is InChI=1S/C10H12N4O/c1-13(14-8-10(11)15-12-14)7-9-5-3-2-4-6-9/h2-6,8,11H,7H2,1H3. The molecule has 0 fully saturated rings. The topological polar surface area (TPSA) is 57.0 Å². The highest BCUT2D eigenvalue weighted by Crippen LogP contribution is 2.03. The first-order chi connectivity index (χ1) is 7.25. The van der Waals surface area contributed by atoms with Crippen molar-refractivity contribution >= 4 is 5.88 Å². The third-order valence-electron chi connectivity index (χ3n) is 2.06. The Bertz CT molecular complexity index is 426. The molecule has 0 spiro atoms. The molecule has 1 heterocycles. The van der Waals surface area contributed by atoms with Crippen molar-refractivity contribution in [1.29, 1.82) is 0 Å². The zero-order chi connectivity index (χ0) is 10.7. The number of aromatic nitrogens is 2. The molecule has 0 saturated carbocycles. The minimum Gasteiger partial charge on any atom is -0.660 e. The number of benzene rings is 1. The summed E-state index contributed by atoms with van der Waals surface area (Å²) in [5.74, 6) is 0.0508. The lowest BCUT2D eigenvalue weighted by Crippen LogP contribution is -2.55. The second kappa shape index (κ2) is 4.00. The highest BCUT2D eigenvalue weighted by atomic mass is 16.5. The van der Waals surface area contributed by atoms with Gasteiger partial charge >= 0.3 is 0 Å². The van der Waals surface area contributed by atoms with Gasteiger partial charge in [0.15, 0.2) is 0 Å². The van der Waals surface area contributed by atoms with E-state index >= 15 is 0 Å². The SMILES string of the molecule is CN(Cc1ccccc1)[n+]1cc([NH-])on1. The summed E-state index contributed by atoms with van der Waals surface area (Å²) in [6, 6.07) is 10.0. The lowest BCUT2D eigenvalue weighted by Gasteiger charge is -2.06. The van der Waals surface area contributed by atoms with Gasteiger partial charge in [-0.2, -0.15) is 5.01 Å². The molecular formula is C10H12N4O. The highest BCUT2D eigenvalue weighted by Gasteiger charge is 2.12. The molecule has 15 heavy (non-hydrogen) atoms. The Balaban J connectivity index is 2.07. The average molecular weight is 204 g/mol. The molecule has 5 nitrogen and oxygen atoms in total. The molecule has 0 saturated heterocycles. The zero-order valence-electron chi connectivity index (χ0n) is 8.42. The largest absolute Gasteiger partial charge is 0.660 e. The summed E-state index contributed by atoms with van der Waals surface area (Å²) in [5.41, 5.74) is 8.39. The Morgan fingerprint density at radius 2 is 2.13 bits per heavy atom. The van der Waals surface area contributed by atoms with Crippen LogP contribution in [0.2, 0.25) is 0 Å². The maximum absolute atomic E-state index is 7.21. The van der Waals surface area contributed by atoms with Gasteiger partial charge in [0.2, 0.25) is 5.27 Å². The van der Waals surface area contributed by atoms with Crippen molar-refractivity contribution in [2.75, 3.05) is 12.1 Å². The summed E-state index contributed by atoms with van der Waals surface area (Å²) in [6.07, 6.45) is 1.52. The quantitative estimate of drug-likeness (QED) is 0.710. The molecule has 0 radical (unpaired) electrons. The molecule has 5 heteroatoms. The summed E-state index contributed by atoms with van der Waals surface area (Å²) in [6.45, 7) is 0.720. The minimum absolute atomic E-state index is 0.0508. The summed E-state index contributed by atoms with van der Waals surface area (Å²) < 4.78 is 4.66. The molecule has 0 aliphatic carbocycles. The minimum atomic E-state index is 0.0508. The van der Waals surface area contributed by atoms with Crippen LogP contribution in [0, 0.1) is 0 Å². The van der Waals surface area contributed by atoms with Crippen LogP contribution < -0.4 is 9.80 Å². The van der Waals surface area contributed by atoms with Gasteiger partial charge in [0.05, 0.1) is 11.8 Å². The maximum Gasteiger partial charge on any atom is 0.256 e. The van der Waals surface area contributed by atoms with Crippen LogP contribution in [0.4, 0.5) is 5.88 Å². The molecule has 2 rings (SSSR count). The number of nitrogens with one attached hydrogen (secondary N) is 1. The van der Waals surface area contributed by atoms with Crippen LogP contribution in [0.5, 0.6) is 0 Å². The molecule has 1 aromatic carbocycles. The van der Waals surface area contributed by atoms with Crippen molar-refractivity contribution in [3.8, 4) is 0 Å². The second-order valence-corrected chi connectivity index (χ2v) is 3.29. The van der Waals surface area contributed by atoms with Crippen LogP contribution >= 0.6 is 0 Å². The fourth-order valence-corrected chi connectivity index (χ4v) is 1.32. The Hall–Kier alpha value is -2.04. The molecule has 0 unspecified atom stereocenters. The third kappa shape index (κ3) is 2.25. The zero-order valence-corrected chi connectivity index (χ0v) is 8.42. The Kier molecular flexibility index (Phi) is 2.53. The molecule has 0 bridgehead atoms. The van der Waals surface area contributed by atoms with E-state index in [1.165, 1.54) is 16.6 Å². The van der Waals surface area contributed by atoms with Crippen LogP contribution in [-0.4, -0.2) is 12.3 Å². The van der Waals surface area contributed by atoms with Gasteiger partial charge in [-0.1, -0.05) is 30.3 Å². The fraction of sp³-hybridized carbons (Fsp3) is 0.200. The molecule has 0 amide bonds. The lowest BCUT2D eigenvalue weighted by atomic mass is 10.2. The van der Waals surface area contributed by atoms with Crippen LogP contribution in [0.15, 0.2) is 41.1 Å². The Morgan fingerprint density at radius 3 is 2.73 bits per heavy atom.